The number of hydrogen-bond acceptors (Lipinski definition) is 11. The second-order valence-electron chi connectivity index (χ2n) is 8.87. The first-order chi connectivity index (χ1) is 19.2. The summed E-state index contributed by atoms with van der Waals surface area (Å²) in [5.74, 6) is 1.48. The number of pyridine rings is 1. The molecule has 0 saturated heterocycles. The Kier molecular flexibility index (Phi) is 8.95. The van der Waals surface area contributed by atoms with Crippen molar-refractivity contribution in [2.24, 2.45) is 0 Å². The molecule has 0 spiro atoms. The SMILES string of the molecule is CCOc1cccc(OC)c1-n1c(CS(=O)(=O)[C@@H](C)[C@H](OC)c2ncc(C)cn2)nnc1-c1cccc(OC)n1. The lowest BCUT2D eigenvalue weighted by Crippen LogP contribution is -2.30. The summed E-state index contributed by atoms with van der Waals surface area (Å²) < 4.78 is 51.7. The fraction of sp³-hybridized carbons (Fsp3) is 0.370. The maximum atomic E-state index is 13.8. The molecule has 0 bridgehead atoms. The molecule has 2 atom stereocenters. The minimum atomic E-state index is -3.89. The summed E-state index contributed by atoms with van der Waals surface area (Å²) in [6.45, 7) is 5.63. The molecule has 0 fully saturated rings. The third-order valence-corrected chi connectivity index (χ3v) is 8.27. The van der Waals surface area contributed by atoms with Crippen LogP contribution >= 0.6 is 0 Å². The molecular weight excluding hydrogens is 536 g/mol. The van der Waals surface area contributed by atoms with Gasteiger partial charge in [-0.25, -0.2) is 23.4 Å². The van der Waals surface area contributed by atoms with Crippen molar-refractivity contribution in [3.05, 3.63) is 66.0 Å². The van der Waals surface area contributed by atoms with Crippen molar-refractivity contribution in [2.75, 3.05) is 27.9 Å². The molecule has 0 aliphatic heterocycles. The van der Waals surface area contributed by atoms with Gasteiger partial charge in [-0.3, -0.25) is 4.57 Å². The molecule has 0 unspecified atom stereocenters. The topological polar surface area (TPSA) is 140 Å². The lowest BCUT2D eigenvalue weighted by molar-refractivity contribution is 0.0947. The lowest BCUT2D eigenvalue weighted by Gasteiger charge is -2.22. The molecule has 12 nitrogen and oxygen atoms in total. The van der Waals surface area contributed by atoms with Crippen LogP contribution in [0.25, 0.3) is 17.2 Å². The highest BCUT2D eigenvalue weighted by molar-refractivity contribution is 7.91. The van der Waals surface area contributed by atoms with Crippen molar-refractivity contribution < 1.29 is 27.4 Å². The van der Waals surface area contributed by atoms with Gasteiger partial charge in [-0.1, -0.05) is 12.1 Å². The predicted octanol–water partition coefficient (Wildman–Crippen LogP) is 3.53. The van der Waals surface area contributed by atoms with E-state index in [0.29, 0.717) is 35.4 Å². The maximum absolute atomic E-state index is 13.8. The zero-order valence-electron chi connectivity index (χ0n) is 23.2. The monoisotopic (exact) mass is 568 g/mol. The van der Waals surface area contributed by atoms with Gasteiger partial charge in [0.25, 0.3) is 0 Å². The first kappa shape index (κ1) is 28.9. The van der Waals surface area contributed by atoms with E-state index in [1.807, 2.05) is 13.8 Å². The van der Waals surface area contributed by atoms with Crippen molar-refractivity contribution in [1.82, 2.24) is 29.7 Å². The van der Waals surface area contributed by atoms with Gasteiger partial charge >= 0.3 is 0 Å². The largest absolute Gasteiger partial charge is 0.494 e. The van der Waals surface area contributed by atoms with Gasteiger partial charge in [0.15, 0.2) is 27.3 Å². The first-order valence-corrected chi connectivity index (χ1v) is 14.2. The smallest absolute Gasteiger partial charge is 0.213 e. The summed E-state index contributed by atoms with van der Waals surface area (Å²) >= 11 is 0. The normalized spacial score (nSPS) is 13.1. The Morgan fingerprint density at radius 3 is 2.30 bits per heavy atom. The van der Waals surface area contributed by atoms with E-state index in [2.05, 4.69) is 25.1 Å². The van der Waals surface area contributed by atoms with E-state index in [4.69, 9.17) is 18.9 Å². The molecule has 4 aromatic rings. The Labute approximate surface area is 233 Å². The molecule has 3 aromatic heterocycles. The Morgan fingerprint density at radius 2 is 1.65 bits per heavy atom. The molecule has 212 valence electrons. The summed E-state index contributed by atoms with van der Waals surface area (Å²) in [6.07, 6.45) is 2.34. The van der Waals surface area contributed by atoms with Gasteiger partial charge in [0.05, 0.1) is 26.1 Å². The van der Waals surface area contributed by atoms with Gasteiger partial charge in [-0.15, -0.1) is 10.2 Å². The Hall–Kier alpha value is -4.10. The molecule has 1 aromatic carbocycles. The van der Waals surface area contributed by atoms with Gasteiger partial charge in [-0.2, -0.15) is 0 Å². The molecular formula is C27H32N6O6S. The fourth-order valence-electron chi connectivity index (χ4n) is 4.18. The van der Waals surface area contributed by atoms with Crippen molar-refractivity contribution in [1.29, 1.82) is 0 Å². The summed E-state index contributed by atoms with van der Waals surface area (Å²) in [5, 5.41) is 7.66. The van der Waals surface area contributed by atoms with E-state index in [-0.39, 0.29) is 17.5 Å². The lowest BCUT2D eigenvalue weighted by atomic mass is 10.2. The van der Waals surface area contributed by atoms with Crippen LogP contribution < -0.4 is 14.2 Å². The quantitative estimate of drug-likeness (QED) is 0.248. The van der Waals surface area contributed by atoms with Gasteiger partial charge in [0.1, 0.15) is 34.7 Å². The van der Waals surface area contributed by atoms with E-state index in [9.17, 15) is 8.42 Å². The summed E-state index contributed by atoms with van der Waals surface area (Å²) in [6, 6.07) is 10.5. The van der Waals surface area contributed by atoms with E-state index < -0.39 is 26.9 Å². The molecule has 0 N–H and O–H groups in total. The average molecular weight is 569 g/mol. The summed E-state index contributed by atoms with van der Waals surface area (Å²) in [4.78, 5) is 13.1. The second-order valence-corrected chi connectivity index (χ2v) is 11.2. The highest BCUT2D eigenvalue weighted by Gasteiger charge is 2.35. The van der Waals surface area contributed by atoms with E-state index in [1.54, 1.807) is 60.3 Å². The molecule has 4 rings (SSSR count). The molecule has 0 amide bonds. The highest BCUT2D eigenvalue weighted by atomic mass is 32.2. The van der Waals surface area contributed by atoms with Crippen LogP contribution in [0.1, 0.15) is 37.2 Å². The number of benzene rings is 1. The standard InChI is InChI=1S/C27H32N6O6S/c1-7-39-21-12-9-11-20(36-4)24(21)33-22(31-32-27(33)19-10-8-13-23(30-19)37-5)16-40(34,35)18(3)25(38-6)26-28-14-17(2)15-29-26/h8-15,18,25H,7,16H2,1-6H3/t18-,25-/m0/s1. The number of nitrogens with zero attached hydrogens (tertiary/aromatic N) is 6. The molecule has 3 heterocycles. The Morgan fingerprint density at radius 1 is 0.950 bits per heavy atom. The van der Waals surface area contributed by atoms with Gasteiger partial charge in [-0.05, 0) is 44.5 Å². The van der Waals surface area contributed by atoms with Crippen LogP contribution in [-0.2, 0) is 20.3 Å². The third-order valence-electron chi connectivity index (χ3n) is 6.23. The number of ether oxygens (including phenoxy) is 4. The number of rotatable bonds is 12. The van der Waals surface area contributed by atoms with Crippen molar-refractivity contribution in [3.8, 4) is 34.6 Å². The van der Waals surface area contributed by atoms with Gasteiger partial charge in [0, 0.05) is 25.6 Å². The second kappa shape index (κ2) is 12.4. The zero-order chi connectivity index (χ0) is 28.9. The first-order valence-electron chi connectivity index (χ1n) is 12.5. The van der Waals surface area contributed by atoms with Gasteiger partial charge < -0.3 is 18.9 Å². The molecule has 13 heteroatoms. The van der Waals surface area contributed by atoms with Crippen LogP contribution in [0.3, 0.4) is 0 Å². The van der Waals surface area contributed by atoms with Crippen LogP contribution in [0.5, 0.6) is 17.4 Å². The maximum Gasteiger partial charge on any atom is 0.213 e. The summed E-state index contributed by atoms with van der Waals surface area (Å²) in [5.41, 5.74) is 1.71. The van der Waals surface area contributed by atoms with E-state index >= 15 is 0 Å². The predicted molar refractivity (Wildman–Crippen MR) is 147 cm³/mol. The van der Waals surface area contributed by atoms with E-state index in [1.165, 1.54) is 21.3 Å². The number of para-hydroxylation sites is 1. The Balaban J connectivity index is 1.86. The number of hydrogen-bond donors (Lipinski definition) is 0. The van der Waals surface area contributed by atoms with Crippen molar-refractivity contribution >= 4 is 9.84 Å². The Bertz CT molecular complexity index is 1560. The molecule has 40 heavy (non-hydrogen) atoms. The summed E-state index contributed by atoms with van der Waals surface area (Å²) in [7, 11) is 0.561. The number of aromatic nitrogens is 6. The van der Waals surface area contributed by atoms with Crippen molar-refractivity contribution in [3.63, 3.8) is 0 Å². The fourth-order valence-corrected chi connectivity index (χ4v) is 5.60. The zero-order valence-corrected chi connectivity index (χ0v) is 24.0. The van der Waals surface area contributed by atoms with Crippen molar-refractivity contribution in [2.45, 2.75) is 37.9 Å². The molecule has 0 radical (unpaired) electrons. The minimum Gasteiger partial charge on any atom is -0.494 e. The van der Waals surface area contributed by atoms with Crippen LogP contribution in [0.4, 0.5) is 0 Å². The average Bonchev–Trinajstić information content (AvgIpc) is 3.36. The van der Waals surface area contributed by atoms with Crippen LogP contribution in [-0.4, -0.2) is 71.3 Å². The third kappa shape index (κ3) is 5.89. The number of methoxy groups -OCH3 is 3. The van der Waals surface area contributed by atoms with Crippen LogP contribution in [0, 0.1) is 6.92 Å². The molecule has 0 aliphatic rings. The van der Waals surface area contributed by atoms with E-state index in [0.717, 1.165) is 5.56 Å². The molecule has 0 aliphatic carbocycles. The highest BCUT2D eigenvalue weighted by Crippen LogP contribution is 2.37. The molecule has 0 saturated carbocycles. The number of aryl methyl sites for hydroxylation is 1. The minimum absolute atomic E-state index is 0.136. The van der Waals surface area contributed by atoms with Crippen LogP contribution in [0.2, 0.25) is 0 Å². The van der Waals surface area contributed by atoms with Gasteiger partial charge in [0.2, 0.25) is 5.88 Å². The van der Waals surface area contributed by atoms with Crippen LogP contribution in [0.15, 0.2) is 48.8 Å². The number of sulfone groups is 1.